The molecule has 6 nitrogen and oxygen atoms in total. The lowest BCUT2D eigenvalue weighted by atomic mass is 9.77. The third-order valence-electron chi connectivity index (χ3n) is 4.03. The number of carbonyl (C=O) groups excluding carboxylic acids is 3. The van der Waals surface area contributed by atoms with Crippen molar-refractivity contribution in [1.29, 1.82) is 0 Å². The fourth-order valence-electron chi connectivity index (χ4n) is 2.76. The highest BCUT2D eigenvalue weighted by atomic mass is 19.1. The Morgan fingerprint density at radius 1 is 1.50 bits per heavy atom. The van der Waals surface area contributed by atoms with Gasteiger partial charge in [-0.3, -0.25) is 4.79 Å². The van der Waals surface area contributed by atoms with E-state index in [0.29, 0.717) is 23.7 Å². The summed E-state index contributed by atoms with van der Waals surface area (Å²) in [5.41, 5.74) is -1.04. The zero-order valence-corrected chi connectivity index (χ0v) is 11.6. The Morgan fingerprint density at radius 3 is 2.65 bits per heavy atom. The maximum atomic E-state index is 14.0. The summed E-state index contributed by atoms with van der Waals surface area (Å²) in [6.07, 6.45) is 0.156. The van der Waals surface area contributed by atoms with Gasteiger partial charge in [-0.05, 0) is 38.5 Å². The van der Waals surface area contributed by atoms with Gasteiger partial charge in [-0.15, -0.1) is 0 Å². The molecule has 0 radical (unpaired) electrons. The molecule has 2 rings (SSSR count). The van der Waals surface area contributed by atoms with Crippen LogP contribution >= 0.6 is 0 Å². The summed E-state index contributed by atoms with van der Waals surface area (Å²) in [7, 11) is 0. The second kappa shape index (κ2) is 5.38. The molecule has 0 aromatic rings. The molecule has 2 fully saturated rings. The van der Waals surface area contributed by atoms with Crippen molar-refractivity contribution in [3.8, 4) is 0 Å². The van der Waals surface area contributed by atoms with Crippen LogP contribution < -0.4 is 5.32 Å². The van der Waals surface area contributed by atoms with Gasteiger partial charge in [0.25, 0.3) is 12.2 Å². The van der Waals surface area contributed by atoms with Gasteiger partial charge < -0.3 is 10.1 Å². The Bertz CT molecular complexity index is 432. The second-order valence-electron chi connectivity index (χ2n) is 5.46. The molecule has 1 saturated carbocycles. The highest BCUT2D eigenvalue weighted by molar-refractivity contribution is 6.09. The summed E-state index contributed by atoms with van der Waals surface area (Å²) in [5, 5.41) is 2.56. The molecule has 1 N–H and O–H groups in total. The lowest BCUT2D eigenvalue weighted by Crippen LogP contribution is -2.50. The van der Waals surface area contributed by atoms with Crippen molar-refractivity contribution in [3.63, 3.8) is 0 Å². The summed E-state index contributed by atoms with van der Waals surface area (Å²) in [6, 6.07) is -0.856. The molecule has 0 aromatic carbocycles. The molecule has 1 unspecified atom stereocenters. The van der Waals surface area contributed by atoms with Gasteiger partial charge in [0.15, 0.2) is 0 Å². The van der Waals surface area contributed by atoms with Crippen LogP contribution in [0.1, 0.15) is 39.5 Å². The van der Waals surface area contributed by atoms with Crippen LogP contribution in [0.3, 0.4) is 0 Å². The van der Waals surface area contributed by atoms with E-state index in [1.807, 2.05) is 0 Å². The van der Waals surface area contributed by atoms with Gasteiger partial charge in [-0.1, -0.05) is 6.92 Å². The Morgan fingerprint density at radius 2 is 2.10 bits per heavy atom. The summed E-state index contributed by atoms with van der Waals surface area (Å²) in [6.45, 7) is 3.59. The Balaban J connectivity index is 2.15. The fourth-order valence-corrected chi connectivity index (χ4v) is 2.76. The van der Waals surface area contributed by atoms with Crippen LogP contribution in [-0.2, 0) is 14.3 Å². The first-order chi connectivity index (χ1) is 9.41. The Labute approximate surface area is 116 Å². The first-order valence-corrected chi connectivity index (χ1v) is 6.88. The summed E-state index contributed by atoms with van der Waals surface area (Å²) >= 11 is 0. The molecule has 20 heavy (non-hydrogen) atoms. The normalized spacial score (nSPS) is 31.4. The van der Waals surface area contributed by atoms with Crippen LogP contribution in [0.25, 0.3) is 0 Å². The van der Waals surface area contributed by atoms with Gasteiger partial charge in [-0.2, -0.15) is 0 Å². The lowest BCUT2D eigenvalue weighted by Gasteiger charge is -2.33. The number of esters is 1. The molecule has 1 spiro atoms. The average Bonchev–Trinajstić information content (AvgIpc) is 2.64. The molecule has 7 heteroatoms. The summed E-state index contributed by atoms with van der Waals surface area (Å²) in [5.74, 6) is -1.39. The molecule has 3 amide bonds. The van der Waals surface area contributed by atoms with E-state index in [1.165, 1.54) is 6.92 Å². The van der Waals surface area contributed by atoms with Gasteiger partial charge in [-0.25, -0.2) is 18.9 Å². The van der Waals surface area contributed by atoms with E-state index >= 15 is 0 Å². The third-order valence-corrected chi connectivity index (χ3v) is 4.03. The van der Waals surface area contributed by atoms with Crippen molar-refractivity contribution in [2.24, 2.45) is 5.92 Å². The SMILES string of the molecule is CCOC(=O)C(F)N1C(=O)NC2(CCC(C)CC2)C1=O. The number of halogens is 1. The van der Waals surface area contributed by atoms with E-state index in [-0.39, 0.29) is 6.61 Å². The smallest absolute Gasteiger partial charge is 0.362 e. The molecule has 1 aliphatic heterocycles. The minimum absolute atomic E-state index is 0.00837. The minimum atomic E-state index is -2.37. The first-order valence-electron chi connectivity index (χ1n) is 6.88. The van der Waals surface area contributed by atoms with E-state index in [1.54, 1.807) is 0 Å². The Kier molecular flexibility index (Phi) is 3.96. The molecule has 0 aromatic heterocycles. The molecule has 1 saturated heterocycles. The molecule has 1 heterocycles. The van der Waals surface area contributed by atoms with Crippen molar-refractivity contribution in [2.75, 3.05) is 6.61 Å². The topological polar surface area (TPSA) is 75.7 Å². The van der Waals surface area contributed by atoms with E-state index in [9.17, 15) is 18.8 Å². The average molecular weight is 286 g/mol. The Hall–Kier alpha value is -1.66. The molecule has 0 bridgehead atoms. The number of imide groups is 1. The first kappa shape index (κ1) is 14.7. The van der Waals surface area contributed by atoms with Crippen LogP contribution in [-0.4, -0.2) is 41.2 Å². The van der Waals surface area contributed by atoms with Gasteiger partial charge in [0.1, 0.15) is 5.54 Å². The lowest BCUT2D eigenvalue weighted by molar-refractivity contribution is -0.159. The fraction of sp³-hybridized carbons (Fsp3) is 0.769. The molecular formula is C13H19FN2O4. The minimum Gasteiger partial charge on any atom is -0.462 e. The third kappa shape index (κ3) is 2.36. The van der Waals surface area contributed by atoms with Crippen LogP contribution in [0, 0.1) is 5.92 Å². The van der Waals surface area contributed by atoms with E-state index in [4.69, 9.17) is 0 Å². The predicted octanol–water partition coefficient (Wildman–Crippen LogP) is 1.35. The second-order valence-corrected chi connectivity index (χ2v) is 5.46. The highest BCUT2D eigenvalue weighted by Crippen LogP contribution is 2.37. The maximum Gasteiger partial charge on any atom is 0.362 e. The van der Waals surface area contributed by atoms with E-state index in [0.717, 1.165) is 12.8 Å². The monoisotopic (exact) mass is 286 g/mol. The number of ether oxygens (including phenoxy) is 1. The predicted molar refractivity (Wildman–Crippen MR) is 67.3 cm³/mol. The molecular weight excluding hydrogens is 267 g/mol. The number of rotatable bonds is 3. The molecule has 112 valence electrons. The van der Waals surface area contributed by atoms with Crippen molar-refractivity contribution >= 4 is 17.9 Å². The highest BCUT2D eigenvalue weighted by Gasteiger charge is 2.55. The molecule has 2 aliphatic rings. The number of hydrogen-bond donors (Lipinski definition) is 1. The summed E-state index contributed by atoms with van der Waals surface area (Å²) < 4.78 is 18.5. The largest absolute Gasteiger partial charge is 0.462 e. The number of hydrogen-bond acceptors (Lipinski definition) is 4. The van der Waals surface area contributed by atoms with Crippen molar-refractivity contribution in [3.05, 3.63) is 0 Å². The van der Waals surface area contributed by atoms with Crippen molar-refractivity contribution in [2.45, 2.75) is 51.4 Å². The van der Waals surface area contributed by atoms with E-state index < -0.39 is 29.7 Å². The zero-order chi connectivity index (χ0) is 14.9. The zero-order valence-electron chi connectivity index (χ0n) is 11.6. The number of nitrogens with one attached hydrogen (secondary N) is 1. The number of alkyl halides is 1. The van der Waals surface area contributed by atoms with Gasteiger partial charge in [0, 0.05) is 0 Å². The van der Waals surface area contributed by atoms with Crippen LogP contribution in [0.5, 0.6) is 0 Å². The van der Waals surface area contributed by atoms with Gasteiger partial charge >= 0.3 is 12.0 Å². The van der Waals surface area contributed by atoms with Crippen LogP contribution in [0.15, 0.2) is 0 Å². The van der Waals surface area contributed by atoms with Crippen molar-refractivity contribution < 1.29 is 23.5 Å². The molecule has 1 aliphatic carbocycles. The quantitative estimate of drug-likeness (QED) is 0.482. The standard InChI is InChI=1S/C13H19FN2O4/c1-3-20-10(17)9(14)16-11(18)13(15-12(16)19)6-4-8(2)5-7-13/h8-9H,3-7H2,1-2H3,(H,15,19). The molecule has 1 atom stereocenters. The number of amides is 3. The number of nitrogens with zero attached hydrogens (tertiary/aromatic N) is 1. The number of carbonyl (C=O) groups is 3. The van der Waals surface area contributed by atoms with Gasteiger partial charge in [0.2, 0.25) is 0 Å². The summed E-state index contributed by atoms with van der Waals surface area (Å²) in [4.78, 5) is 35.9. The number of urea groups is 1. The van der Waals surface area contributed by atoms with Crippen LogP contribution in [0.4, 0.5) is 9.18 Å². The van der Waals surface area contributed by atoms with E-state index in [2.05, 4.69) is 17.0 Å². The van der Waals surface area contributed by atoms with Gasteiger partial charge in [0.05, 0.1) is 6.61 Å². The maximum absolute atomic E-state index is 14.0. The van der Waals surface area contributed by atoms with Crippen LogP contribution in [0.2, 0.25) is 0 Å². The van der Waals surface area contributed by atoms with Crippen molar-refractivity contribution in [1.82, 2.24) is 10.2 Å².